The second-order valence-electron chi connectivity index (χ2n) is 3.35. The number of nitrogens with one attached hydrogen (secondary N) is 2. The summed E-state index contributed by atoms with van der Waals surface area (Å²) >= 11 is 0. The molecule has 0 radical (unpaired) electrons. The van der Waals surface area contributed by atoms with Crippen molar-refractivity contribution in [2.24, 2.45) is 5.10 Å². The third-order valence-electron chi connectivity index (χ3n) is 1.20. The highest BCUT2D eigenvalue weighted by Crippen LogP contribution is 1.90. The zero-order chi connectivity index (χ0) is 8.32. The molecule has 1 aliphatic heterocycles. The summed E-state index contributed by atoms with van der Waals surface area (Å²) in [6.07, 6.45) is 5.76. The Morgan fingerprint density at radius 3 is 2.27 bits per heavy atom. The van der Waals surface area contributed by atoms with Crippen LogP contribution in [0.15, 0.2) is 17.5 Å². The molecule has 0 aromatic carbocycles. The van der Waals surface area contributed by atoms with Crippen molar-refractivity contribution >= 4 is 6.21 Å². The van der Waals surface area contributed by atoms with Crippen LogP contribution >= 0.6 is 0 Å². The second kappa shape index (κ2) is 2.92. The number of hydrogen-bond acceptors (Lipinski definition) is 3. The van der Waals surface area contributed by atoms with Crippen LogP contribution in [0.2, 0.25) is 0 Å². The van der Waals surface area contributed by atoms with Gasteiger partial charge in [0, 0.05) is 12.4 Å². The smallest absolute Gasteiger partial charge is 0.138 e. The van der Waals surface area contributed by atoms with Gasteiger partial charge in [0.25, 0.3) is 0 Å². The van der Waals surface area contributed by atoms with Crippen LogP contribution in [0.5, 0.6) is 0 Å². The Labute approximate surface area is 67.2 Å². The Bertz CT molecular complexity index is 169. The van der Waals surface area contributed by atoms with Crippen molar-refractivity contribution in [3.05, 3.63) is 12.4 Å². The molecule has 4 heteroatoms. The van der Waals surface area contributed by atoms with Gasteiger partial charge in [-0.15, -0.1) is 0 Å². The van der Waals surface area contributed by atoms with Gasteiger partial charge in [-0.25, -0.2) is 4.59 Å². The summed E-state index contributed by atoms with van der Waals surface area (Å²) in [6.45, 7) is 0. The number of rotatable bonds is 2. The van der Waals surface area contributed by atoms with Gasteiger partial charge < -0.3 is 10.6 Å². The fraction of sp³-hybridized carbons (Fsp3) is 0.571. The Kier molecular flexibility index (Phi) is 2.14. The fourth-order valence-corrected chi connectivity index (χ4v) is 0.704. The Balaban J connectivity index is 2.36. The van der Waals surface area contributed by atoms with Crippen LogP contribution in [0.4, 0.5) is 0 Å². The minimum Gasteiger partial charge on any atom is -0.366 e. The van der Waals surface area contributed by atoms with E-state index in [9.17, 15) is 0 Å². The van der Waals surface area contributed by atoms with Crippen LogP contribution < -0.4 is 10.6 Å². The van der Waals surface area contributed by atoms with E-state index in [1.54, 1.807) is 0 Å². The zero-order valence-corrected chi connectivity index (χ0v) is 7.20. The molecule has 1 aliphatic rings. The van der Waals surface area contributed by atoms with Crippen molar-refractivity contribution in [2.75, 3.05) is 21.1 Å². The highest BCUT2D eigenvalue weighted by molar-refractivity contribution is 5.64. The van der Waals surface area contributed by atoms with Gasteiger partial charge in [0.1, 0.15) is 12.4 Å². The van der Waals surface area contributed by atoms with Gasteiger partial charge in [0.15, 0.2) is 0 Å². The van der Waals surface area contributed by atoms with E-state index in [-0.39, 0.29) is 6.17 Å². The van der Waals surface area contributed by atoms with Gasteiger partial charge in [-0.3, -0.25) is 0 Å². The standard InChI is InChI=1S/C7H15N4/c1-11(2,3)10-6-7-8-4-5-9-7/h4-9H,1-3H3/q+1/b10-6+. The van der Waals surface area contributed by atoms with E-state index in [1.165, 1.54) is 0 Å². The molecule has 0 atom stereocenters. The van der Waals surface area contributed by atoms with Crippen molar-refractivity contribution in [3.8, 4) is 0 Å². The quantitative estimate of drug-likeness (QED) is 0.325. The number of quaternary nitrogens is 1. The zero-order valence-electron chi connectivity index (χ0n) is 7.20. The lowest BCUT2D eigenvalue weighted by Crippen LogP contribution is -2.35. The van der Waals surface area contributed by atoms with Crippen LogP contribution in [-0.2, 0) is 0 Å². The van der Waals surface area contributed by atoms with E-state index in [0.717, 1.165) is 0 Å². The molecular weight excluding hydrogens is 140 g/mol. The van der Waals surface area contributed by atoms with Crippen LogP contribution in [0, 0.1) is 0 Å². The number of nitrogens with zero attached hydrogens (tertiary/aromatic N) is 2. The highest BCUT2D eigenvalue weighted by Gasteiger charge is 2.07. The predicted octanol–water partition coefficient (Wildman–Crippen LogP) is -0.331. The maximum atomic E-state index is 4.29. The average molecular weight is 155 g/mol. The molecule has 1 rings (SSSR count). The van der Waals surface area contributed by atoms with Crippen molar-refractivity contribution < 1.29 is 4.59 Å². The summed E-state index contributed by atoms with van der Waals surface area (Å²) in [6, 6.07) is 0. The van der Waals surface area contributed by atoms with Gasteiger partial charge in [-0.2, -0.15) is 0 Å². The van der Waals surface area contributed by atoms with Gasteiger partial charge in [0.05, 0.1) is 21.1 Å². The van der Waals surface area contributed by atoms with Gasteiger partial charge in [0.2, 0.25) is 0 Å². The molecule has 0 aromatic rings. The highest BCUT2D eigenvalue weighted by atomic mass is 15.6. The monoisotopic (exact) mass is 155 g/mol. The third-order valence-corrected chi connectivity index (χ3v) is 1.20. The lowest BCUT2D eigenvalue weighted by atomic mass is 10.6. The van der Waals surface area contributed by atoms with E-state index < -0.39 is 0 Å². The normalized spacial score (nSPS) is 18.8. The molecule has 0 saturated heterocycles. The van der Waals surface area contributed by atoms with Gasteiger partial charge in [-0.05, 0) is 0 Å². The molecule has 0 fully saturated rings. The molecule has 0 saturated carbocycles. The minimum absolute atomic E-state index is 0.160. The first-order valence-corrected chi connectivity index (χ1v) is 3.62. The molecule has 4 nitrogen and oxygen atoms in total. The van der Waals surface area contributed by atoms with E-state index >= 15 is 0 Å². The molecular formula is C7H15N4+. The first-order valence-electron chi connectivity index (χ1n) is 3.62. The maximum absolute atomic E-state index is 4.29. The second-order valence-corrected chi connectivity index (χ2v) is 3.35. The molecule has 0 amide bonds. The van der Waals surface area contributed by atoms with E-state index in [1.807, 2.05) is 39.8 Å². The SMILES string of the molecule is C[N+](C)(C)/N=C/C1NC=CN1. The lowest BCUT2D eigenvalue weighted by molar-refractivity contribution is -0.876. The summed E-state index contributed by atoms with van der Waals surface area (Å²) in [5, 5.41) is 10.4. The van der Waals surface area contributed by atoms with E-state index in [4.69, 9.17) is 0 Å². The topological polar surface area (TPSA) is 36.4 Å². The minimum atomic E-state index is 0.160. The van der Waals surface area contributed by atoms with Crippen LogP contribution in [0.25, 0.3) is 0 Å². The molecule has 11 heavy (non-hydrogen) atoms. The van der Waals surface area contributed by atoms with Crippen LogP contribution in [0.1, 0.15) is 0 Å². The predicted molar refractivity (Wildman–Crippen MR) is 45.7 cm³/mol. The first kappa shape index (κ1) is 8.07. The summed E-state index contributed by atoms with van der Waals surface area (Å²) in [5.41, 5.74) is 0. The molecule has 62 valence electrons. The molecule has 2 N–H and O–H groups in total. The van der Waals surface area contributed by atoms with Gasteiger partial charge >= 0.3 is 0 Å². The molecule has 0 aliphatic carbocycles. The van der Waals surface area contributed by atoms with Gasteiger partial charge in [-0.1, -0.05) is 5.10 Å². The summed E-state index contributed by atoms with van der Waals surface area (Å²) in [7, 11) is 6.04. The molecule has 0 unspecified atom stereocenters. The fourth-order valence-electron chi connectivity index (χ4n) is 0.704. The molecule has 0 spiro atoms. The summed E-state index contributed by atoms with van der Waals surface area (Å²) < 4.78 is 0.597. The third kappa shape index (κ3) is 3.04. The van der Waals surface area contributed by atoms with Crippen LogP contribution in [0.3, 0.4) is 0 Å². The first-order chi connectivity index (χ1) is 5.08. The van der Waals surface area contributed by atoms with Crippen LogP contribution in [-0.4, -0.2) is 38.1 Å². The molecule has 0 bridgehead atoms. The number of hydrogen-bond donors (Lipinski definition) is 2. The lowest BCUT2D eigenvalue weighted by Gasteiger charge is -2.15. The van der Waals surface area contributed by atoms with E-state index in [0.29, 0.717) is 4.59 Å². The van der Waals surface area contributed by atoms with Crippen molar-refractivity contribution in [3.63, 3.8) is 0 Å². The van der Waals surface area contributed by atoms with Crippen molar-refractivity contribution in [2.45, 2.75) is 6.17 Å². The largest absolute Gasteiger partial charge is 0.366 e. The average Bonchev–Trinajstić information content (AvgIpc) is 2.32. The summed E-state index contributed by atoms with van der Waals surface area (Å²) in [4.78, 5) is 0. The Morgan fingerprint density at radius 2 is 1.82 bits per heavy atom. The Morgan fingerprint density at radius 1 is 1.27 bits per heavy atom. The molecule has 0 aromatic heterocycles. The van der Waals surface area contributed by atoms with Crippen molar-refractivity contribution in [1.82, 2.24) is 10.6 Å². The Hall–Kier alpha value is -1.03. The molecule has 1 heterocycles. The summed E-state index contributed by atoms with van der Waals surface area (Å²) in [5.74, 6) is 0. The van der Waals surface area contributed by atoms with Crippen molar-refractivity contribution in [1.29, 1.82) is 0 Å². The maximum Gasteiger partial charge on any atom is 0.138 e. The van der Waals surface area contributed by atoms with E-state index in [2.05, 4.69) is 15.7 Å².